The molecule has 2 rings (SSSR count). The fourth-order valence-electron chi connectivity index (χ4n) is 2.94. The second-order valence-corrected chi connectivity index (χ2v) is 5.16. The topological polar surface area (TPSA) is 88.2 Å². The molecule has 0 saturated heterocycles. The molecular weight excluding hydrogens is 230 g/mol. The molecule has 1 aliphatic rings. The number of carbonyl (C=O) groups is 1. The molecule has 1 heterocycles. The fourth-order valence-corrected chi connectivity index (χ4v) is 2.94. The van der Waals surface area contributed by atoms with Gasteiger partial charge >= 0.3 is 6.09 Å². The Labute approximate surface area is 106 Å². The van der Waals surface area contributed by atoms with Crippen LogP contribution in [0.5, 0.6) is 0 Å². The summed E-state index contributed by atoms with van der Waals surface area (Å²) < 4.78 is 0. The van der Waals surface area contributed by atoms with Crippen molar-refractivity contribution in [3.8, 4) is 0 Å². The molecule has 0 spiro atoms. The first-order valence-corrected chi connectivity index (χ1v) is 6.25. The summed E-state index contributed by atoms with van der Waals surface area (Å²) in [6, 6.07) is 1.96. The lowest BCUT2D eigenvalue weighted by atomic mass is 9.76. The van der Waals surface area contributed by atoms with Gasteiger partial charge in [-0.2, -0.15) is 0 Å². The van der Waals surface area contributed by atoms with Crippen molar-refractivity contribution in [3.63, 3.8) is 0 Å². The van der Waals surface area contributed by atoms with Gasteiger partial charge in [0.15, 0.2) is 0 Å². The van der Waals surface area contributed by atoms with Gasteiger partial charge in [0.1, 0.15) is 0 Å². The third kappa shape index (κ3) is 2.91. The van der Waals surface area contributed by atoms with E-state index >= 15 is 0 Å². The van der Waals surface area contributed by atoms with Crippen molar-refractivity contribution in [2.24, 2.45) is 5.92 Å². The number of pyridine rings is 1. The van der Waals surface area contributed by atoms with E-state index in [0.29, 0.717) is 17.5 Å². The number of amides is 1. The Bertz CT molecular complexity index is 436. The maximum Gasteiger partial charge on any atom is 0.404 e. The maximum absolute atomic E-state index is 10.7. The molecule has 98 valence electrons. The van der Waals surface area contributed by atoms with Crippen molar-refractivity contribution in [3.05, 3.63) is 24.0 Å². The molecule has 1 amide bonds. The van der Waals surface area contributed by atoms with E-state index in [1.807, 2.05) is 6.07 Å². The molecule has 1 saturated carbocycles. The summed E-state index contributed by atoms with van der Waals surface area (Å²) in [7, 11) is 0. The van der Waals surface area contributed by atoms with Crippen molar-refractivity contribution in [2.45, 2.75) is 38.1 Å². The van der Waals surface area contributed by atoms with Crippen LogP contribution in [0.3, 0.4) is 0 Å². The molecule has 0 aliphatic heterocycles. The number of anilines is 1. The highest BCUT2D eigenvalue weighted by Crippen LogP contribution is 2.37. The minimum atomic E-state index is -0.949. The van der Waals surface area contributed by atoms with Gasteiger partial charge in [-0.25, -0.2) is 4.79 Å². The summed E-state index contributed by atoms with van der Waals surface area (Å²) in [6.45, 7) is 2.15. The first kappa shape index (κ1) is 12.7. The van der Waals surface area contributed by atoms with Gasteiger partial charge in [-0.3, -0.25) is 4.98 Å². The van der Waals surface area contributed by atoms with E-state index in [4.69, 9.17) is 10.8 Å². The Hall–Kier alpha value is -1.78. The highest BCUT2D eigenvalue weighted by atomic mass is 16.4. The van der Waals surface area contributed by atoms with Gasteiger partial charge in [-0.1, -0.05) is 6.92 Å². The number of nitrogens with two attached hydrogens (primary N) is 1. The first-order valence-electron chi connectivity index (χ1n) is 6.25. The van der Waals surface area contributed by atoms with Crippen LogP contribution in [0, 0.1) is 5.92 Å². The standard InChI is InChI=1S/C13H19N3O2/c1-8-4-9(6-10(5-8)16-13(17)18)11-2-3-15-7-12(11)14/h2-3,7-10,16H,4-6,14H2,1H3,(H,17,18). The zero-order chi connectivity index (χ0) is 13.1. The van der Waals surface area contributed by atoms with Gasteiger partial charge in [-0.15, -0.1) is 0 Å². The van der Waals surface area contributed by atoms with Crippen LogP contribution < -0.4 is 11.1 Å². The number of hydrogen-bond acceptors (Lipinski definition) is 3. The van der Waals surface area contributed by atoms with E-state index < -0.39 is 6.09 Å². The third-order valence-electron chi connectivity index (χ3n) is 3.60. The highest BCUT2D eigenvalue weighted by Gasteiger charge is 2.29. The largest absolute Gasteiger partial charge is 0.465 e. The zero-order valence-electron chi connectivity index (χ0n) is 10.5. The third-order valence-corrected chi connectivity index (χ3v) is 3.60. The van der Waals surface area contributed by atoms with Gasteiger partial charge in [-0.05, 0) is 42.7 Å². The lowest BCUT2D eigenvalue weighted by molar-refractivity contribution is 0.179. The first-order chi connectivity index (χ1) is 8.56. The predicted octanol–water partition coefficient (Wildman–Crippen LogP) is 2.20. The summed E-state index contributed by atoms with van der Waals surface area (Å²) in [5.74, 6) is 0.807. The maximum atomic E-state index is 10.7. The monoisotopic (exact) mass is 249 g/mol. The minimum absolute atomic E-state index is 0.0174. The quantitative estimate of drug-likeness (QED) is 0.749. The van der Waals surface area contributed by atoms with E-state index in [1.165, 1.54) is 0 Å². The highest BCUT2D eigenvalue weighted by molar-refractivity contribution is 5.64. The summed E-state index contributed by atoms with van der Waals surface area (Å²) in [5.41, 5.74) is 7.74. The number of aromatic nitrogens is 1. The molecule has 3 unspecified atom stereocenters. The van der Waals surface area contributed by atoms with Gasteiger partial charge in [0.25, 0.3) is 0 Å². The molecule has 1 fully saturated rings. The molecule has 0 radical (unpaired) electrons. The molecule has 1 aliphatic carbocycles. The lowest BCUT2D eigenvalue weighted by Gasteiger charge is -2.33. The van der Waals surface area contributed by atoms with Crippen molar-refractivity contribution >= 4 is 11.8 Å². The predicted molar refractivity (Wildman–Crippen MR) is 69.4 cm³/mol. The van der Waals surface area contributed by atoms with Crippen LogP contribution in [-0.4, -0.2) is 22.2 Å². The number of nitrogen functional groups attached to an aromatic ring is 1. The lowest BCUT2D eigenvalue weighted by Crippen LogP contribution is -2.39. The number of rotatable bonds is 2. The van der Waals surface area contributed by atoms with Crippen LogP contribution >= 0.6 is 0 Å². The van der Waals surface area contributed by atoms with E-state index in [9.17, 15) is 4.79 Å². The smallest absolute Gasteiger partial charge is 0.404 e. The summed E-state index contributed by atoms with van der Waals surface area (Å²) in [4.78, 5) is 14.7. The van der Waals surface area contributed by atoms with Gasteiger partial charge in [0, 0.05) is 12.2 Å². The number of nitrogens with one attached hydrogen (secondary N) is 1. The molecule has 0 aromatic carbocycles. The molecule has 5 heteroatoms. The second-order valence-electron chi connectivity index (χ2n) is 5.16. The van der Waals surface area contributed by atoms with Crippen LogP contribution in [0.1, 0.15) is 37.7 Å². The van der Waals surface area contributed by atoms with Crippen molar-refractivity contribution in [1.82, 2.24) is 10.3 Å². The van der Waals surface area contributed by atoms with Crippen LogP contribution in [0.2, 0.25) is 0 Å². The van der Waals surface area contributed by atoms with Crippen LogP contribution in [-0.2, 0) is 0 Å². The Morgan fingerprint density at radius 3 is 2.94 bits per heavy atom. The van der Waals surface area contributed by atoms with Gasteiger partial charge < -0.3 is 16.2 Å². The average Bonchev–Trinajstić information content (AvgIpc) is 2.27. The zero-order valence-corrected chi connectivity index (χ0v) is 10.5. The van der Waals surface area contributed by atoms with E-state index in [1.54, 1.807) is 12.4 Å². The Morgan fingerprint density at radius 2 is 2.28 bits per heavy atom. The summed E-state index contributed by atoms with van der Waals surface area (Å²) in [5, 5.41) is 11.4. The Kier molecular flexibility index (Phi) is 3.69. The van der Waals surface area contributed by atoms with Crippen molar-refractivity contribution in [2.75, 3.05) is 5.73 Å². The molecule has 1 aromatic heterocycles. The molecule has 4 N–H and O–H groups in total. The Morgan fingerprint density at radius 1 is 1.50 bits per heavy atom. The van der Waals surface area contributed by atoms with E-state index in [-0.39, 0.29) is 6.04 Å². The van der Waals surface area contributed by atoms with E-state index in [0.717, 1.165) is 24.8 Å². The normalized spacial score (nSPS) is 27.7. The van der Waals surface area contributed by atoms with Gasteiger partial charge in [0.05, 0.1) is 11.9 Å². The average molecular weight is 249 g/mol. The number of nitrogens with zero attached hydrogens (tertiary/aromatic N) is 1. The molecular formula is C13H19N3O2. The molecule has 0 bridgehead atoms. The molecule has 1 aromatic rings. The molecule has 18 heavy (non-hydrogen) atoms. The summed E-state index contributed by atoms with van der Waals surface area (Å²) >= 11 is 0. The minimum Gasteiger partial charge on any atom is -0.465 e. The van der Waals surface area contributed by atoms with E-state index in [2.05, 4.69) is 17.2 Å². The summed E-state index contributed by atoms with van der Waals surface area (Å²) in [6.07, 6.45) is 5.21. The Balaban J connectivity index is 2.13. The second kappa shape index (κ2) is 5.25. The van der Waals surface area contributed by atoms with Crippen molar-refractivity contribution in [1.29, 1.82) is 0 Å². The van der Waals surface area contributed by atoms with Gasteiger partial charge in [0.2, 0.25) is 0 Å². The number of hydrogen-bond donors (Lipinski definition) is 3. The molecule has 5 nitrogen and oxygen atoms in total. The molecule has 3 atom stereocenters. The van der Waals surface area contributed by atoms with Crippen molar-refractivity contribution < 1.29 is 9.90 Å². The number of carboxylic acid groups (broad SMARTS) is 1. The fraction of sp³-hybridized carbons (Fsp3) is 0.538. The van der Waals surface area contributed by atoms with Crippen LogP contribution in [0.25, 0.3) is 0 Å². The van der Waals surface area contributed by atoms with Crippen LogP contribution in [0.4, 0.5) is 10.5 Å². The SMILES string of the molecule is CC1CC(NC(=O)O)CC(c2ccncc2N)C1. The van der Waals surface area contributed by atoms with Crippen LogP contribution in [0.15, 0.2) is 18.5 Å².